The van der Waals surface area contributed by atoms with Gasteiger partial charge in [-0.2, -0.15) is 5.10 Å². The van der Waals surface area contributed by atoms with Crippen LogP contribution in [0.15, 0.2) is 36.9 Å². The average Bonchev–Trinajstić information content (AvgIpc) is 3.06. The molecule has 1 atom stereocenters. The normalized spacial score (nSPS) is 12.0. The van der Waals surface area contributed by atoms with Crippen molar-refractivity contribution in [2.45, 2.75) is 26.4 Å². The van der Waals surface area contributed by atoms with Crippen molar-refractivity contribution in [1.29, 1.82) is 0 Å². The van der Waals surface area contributed by atoms with Gasteiger partial charge in [0, 0.05) is 5.69 Å². The van der Waals surface area contributed by atoms with E-state index >= 15 is 0 Å². The number of carbonyl (C=O) groups excluding carboxylic acids is 2. The molecule has 2 aromatic rings. The van der Waals surface area contributed by atoms with Crippen molar-refractivity contribution in [2.75, 3.05) is 11.9 Å². The SMILES string of the molecule is CC(C)[C@H](N)C(=O)NCC(=O)Nc1ccccc1Cn1cncn1. The minimum absolute atomic E-state index is 0.0106. The zero-order chi connectivity index (χ0) is 17.5. The standard InChI is InChI=1S/C16H22N6O2/c1-11(2)15(17)16(24)19-7-14(23)21-13-6-4-3-5-12(13)8-22-10-18-9-20-22/h3-6,9-11,15H,7-8,17H2,1-2H3,(H,19,24)(H,21,23)/t15-/m0/s1. The number of benzene rings is 1. The van der Waals surface area contributed by atoms with Crippen LogP contribution in [0.25, 0.3) is 0 Å². The summed E-state index contributed by atoms with van der Waals surface area (Å²) in [6.07, 6.45) is 3.06. The topological polar surface area (TPSA) is 115 Å². The Morgan fingerprint density at radius 3 is 2.71 bits per heavy atom. The highest BCUT2D eigenvalue weighted by molar-refractivity contribution is 5.95. The minimum atomic E-state index is -0.627. The number of nitrogens with one attached hydrogen (secondary N) is 2. The Hall–Kier alpha value is -2.74. The van der Waals surface area contributed by atoms with Gasteiger partial charge in [-0.1, -0.05) is 32.0 Å². The van der Waals surface area contributed by atoms with Crippen LogP contribution in [0.4, 0.5) is 5.69 Å². The van der Waals surface area contributed by atoms with E-state index in [1.54, 1.807) is 17.1 Å². The number of hydrogen-bond donors (Lipinski definition) is 3. The summed E-state index contributed by atoms with van der Waals surface area (Å²) in [5.41, 5.74) is 7.30. The number of amides is 2. The monoisotopic (exact) mass is 330 g/mol. The fraction of sp³-hybridized carbons (Fsp3) is 0.375. The molecule has 4 N–H and O–H groups in total. The van der Waals surface area contributed by atoms with Crippen molar-refractivity contribution in [3.8, 4) is 0 Å². The highest BCUT2D eigenvalue weighted by Crippen LogP contribution is 2.15. The Morgan fingerprint density at radius 1 is 1.29 bits per heavy atom. The summed E-state index contributed by atoms with van der Waals surface area (Å²) in [5, 5.41) is 9.38. The molecule has 2 amide bonds. The first-order valence-electron chi connectivity index (χ1n) is 7.71. The molecule has 0 fully saturated rings. The smallest absolute Gasteiger partial charge is 0.243 e. The molecule has 8 nitrogen and oxygen atoms in total. The zero-order valence-corrected chi connectivity index (χ0v) is 13.8. The lowest BCUT2D eigenvalue weighted by Gasteiger charge is -2.15. The van der Waals surface area contributed by atoms with Gasteiger partial charge in [0.15, 0.2) is 0 Å². The van der Waals surface area contributed by atoms with Gasteiger partial charge in [-0.15, -0.1) is 0 Å². The van der Waals surface area contributed by atoms with Crippen LogP contribution < -0.4 is 16.4 Å². The summed E-state index contributed by atoms with van der Waals surface area (Å²) in [6.45, 7) is 4.06. The molecule has 0 spiro atoms. The van der Waals surface area contributed by atoms with E-state index in [0.29, 0.717) is 12.2 Å². The quantitative estimate of drug-likeness (QED) is 0.678. The molecular weight excluding hydrogens is 308 g/mol. The van der Waals surface area contributed by atoms with E-state index in [0.717, 1.165) is 5.56 Å². The number of carbonyl (C=O) groups is 2. The number of rotatable bonds is 7. The first-order valence-corrected chi connectivity index (χ1v) is 7.71. The second-order valence-corrected chi connectivity index (χ2v) is 5.79. The van der Waals surface area contributed by atoms with Crippen molar-refractivity contribution < 1.29 is 9.59 Å². The maximum absolute atomic E-state index is 12.1. The highest BCUT2D eigenvalue weighted by atomic mass is 16.2. The molecule has 2 rings (SSSR count). The molecule has 0 saturated heterocycles. The Labute approximate surface area is 140 Å². The second kappa shape index (κ2) is 8.21. The summed E-state index contributed by atoms with van der Waals surface area (Å²) < 4.78 is 1.66. The van der Waals surface area contributed by atoms with Crippen LogP contribution in [-0.2, 0) is 16.1 Å². The van der Waals surface area contributed by atoms with Gasteiger partial charge >= 0.3 is 0 Å². The van der Waals surface area contributed by atoms with Gasteiger partial charge in [0.2, 0.25) is 11.8 Å². The second-order valence-electron chi connectivity index (χ2n) is 5.79. The van der Waals surface area contributed by atoms with Crippen LogP contribution in [-0.4, -0.2) is 39.2 Å². The molecule has 0 bridgehead atoms. The van der Waals surface area contributed by atoms with Crippen LogP contribution >= 0.6 is 0 Å². The van der Waals surface area contributed by atoms with E-state index in [4.69, 9.17) is 5.73 Å². The third-order valence-electron chi connectivity index (χ3n) is 3.53. The lowest BCUT2D eigenvalue weighted by atomic mass is 10.1. The molecule has 0 saturated carbocycles. The predicted octanol–water partition coefficient (Wildman–Crippen LogP) is 0.364. The molecule has 1 aromatic carbocycles. The molecule has 0 radical (unpaired) electrons. The largest absolute Gasteiger partial charge is 0.346 e. The number of nitrogens with two attached hydrogens (primary N) is 1. The maximum Gasteiger partial charge on any atom is 0.243 e. The number of aromatic nitrogens is 3. The highest BCUT2D eigenvalue weighted by Gasteiger charge is 2.17. The average molecular weight is 330 g/mol. The van der Waals surface area contributed by atoms with Gasteiger partial charge in [-0.05, 0) is 17.5 Å². The number of para-hydroxylation sites is 1. The van der Waals surface area contributed by atoms with Crippen molar-refractivity contribution in [2.24, 2.45) is 11.7 Å². The lowest BCUT2D eigenvalue weighted by Crippen LogP contribution is -2.46. The van der Waals surface area contributed by atoms with Gasteiger partial charge < -0.3 is 16.4 Å². The Morgan fingerprint density at radius 2 is 2.04 bits per heavy atom. The molecule has 0 aliphatic carbocycles. The third kappa shape index (κ3) is 4.88. The summed E-state index contributed by atoms with van der Waals surface area (Å²) in [6, 6.07) is 6.77. The predicted molar refractivity (Wildman–Crippen MR) is 90.0 cm³/mol. The van der Waals surface area contributed by atoms with Crippen LogP contribution in [0.3, 0.4) is 0 Å². The lowest BCUT2D eigenvalue weighted by molar-refractivity contribution is -0.125. The van der Waals surface area contributed by atoms with Crippen LogP contribution in [0.2, 0.25) is 0 Å². The van der Waals surface area contributed by atoms with Gasteiger partial charge in [-0.25, -0.2) is 9.67 Å². The van der Waals surface area contributed by atoms with Gasteiger partial charge in [-0.3, -0.25) is 9.59 Å². The molecule has 0 unspecified atom stereocenters. The van der Waals surface area contributed by atoms with Crippen molar-refractivity contribution in [1.82, 2.24) is 20.1 Å². The molecule has 1 heterocycles. The number of hydrogen-bond acceptors (Lipinski definition) is 5. The van der Waals surface area contributed by atoms with E-state index in [1.807, 2.05) is 32.0 Å². The first-order chi connectivity index (χ1) is 11.5. The Kier molecular flexibility index (Phi) is 6.02. The summed E-state index contributed by atoms with van der Waals surface area (Å²) in [5.74, 6) is -0.641. The summed E-state index contributed by atoms with van der Waals surface area (Å²) in [7, 11) is 0. The van der Waals surface area contributed by atoms with Gasteiger partial charge in [0.1, 0.15) is 12.7 Å². The van der Waals surface area contributed by atoms with Crippen LogP contribution in [0, 0.1) is 5.92 Å². The van der Waals surface area contributed by atoms with Crippen LogP contribution in [0.5, 0.6) is 0 Å². The molecular formula is C16H22N6O2. The van der Waals surface area contributed by atoms with E-state index in [2.05, 4.69) is 20.7 Å². The van der Waals surface area contributed by atoms with E-state index < -0.39 is 6.04 Å². The minimum Gasteiger partial charge on any atom is -0.346 e. The van der Waals surface area contributed by atoms with Crippen LogP contribution in [0.1, 0.15) is 19.4 Å². The molecule has 128 valence electrons. The molecule has 24 heavy (non-hydrogen) atoms. The third-order valence-corrected chi connectivity index (χ3v) is 3.53. The van der Waals surface area contributed by atoms with E-state index in [9.17, 15) is 9.59 Å². The number of anilines is 1. The summed E-state index contributed by atoms with van der Waals surface area (Å²) >= 11 is 0. The fourth-order valence-corrected chi connectivity index (χ4v) is 2.05. The molecule has 0 aliphatic rings. The zero-order valence-electron chi connectivity index (χ0n) is 13.8. The maximum atomic E-state index is 12.1. The van der Waals surface area contributed by atoms with E-state index in [-0.39, 0.29) is 24.3 Å². The molecule has 1 aromatic heterocycles. The Balaban J connectivity index is 1.93. The van der Waals surface area contributed by atoms with Crippen molar-refractivity contribution in [3.63, 3.8) is 0 Å². The molecule has 8 heteroatoms. The number of nitrogens with zero attached hydrogens (tertiary/aromatic N) is 3. The van der Waals surface area contributed by atoms with Crippen molar-refractivity contribution >= 4 is 17.5 Å². The summed E-state index contributed by atoms with van der Waals surface area (Å²) in [4.78, 5) is 27.7. The van der Waals surface area contributed by atoms with E-state index in [1.165, 1.54) is 6.33 Å². The Bertz CT molecular complexity index is 684. The first kappa shape index (κ1) is 17.6. The fourth-order valence-electron chi connectivity index (χ4n) is 2.05. The van der Waals surface area contributed by atoms with Crippen molar-refractivity contribution in [3.05, 3.63) is 42.5 Å². The molecule has 0 aliphatic heterocycles. The van der Waals surface area contributed by atoms with Gasteiger partial charge in [0.25, 0.3) is 0 Å². The van der Waals surface area contributed by atoms with Gasteiger partial charge in [0.05, 0.1) is 19.1 Å².